The summed E-state index contributed by atoms with van der Waals surface area (Å²) in [6.45, 7) is 3.72. The molecule has 1 N–H and O–H groups in total. The molecule has 0 saturated heterocycles. The maximum Gasteiger partial charge on any atom is 0.264 e. The van der Waals surface area contributed by atoms with Crippen molar-refractivity contribution in [2.75, 3.05) is 17.4 Å². The molecule has 0 bridgehead atoms. The van der Waals surface area contributed by atoms with E-state index in [2.05, 4.69) is 5.32 Å². The largest absolute Gasteiger partial charge is 0.354 e. The number of benzene rings is 4. The van der Waals surface area contributed by atoms with Gasteiger partial charge >= 0.3 is 0 Å². The molecule has 4 aromatic rings. The van der Waals surface area contributed by atoms with Gasteiger partial charge in [-0.2, -0.15) is 0 Å². The summed E-state index contributed by atoms with van der Waals surface area (Å²) < 4.78 is 29.3. The second kappa shape index (κ2) is 15.9. The molecule has 4 rings (SSSR count). The molecular formula is C35H37Cl2N3O4S. The van der Waals surface area contributed by atoms with Crippen LogP contribution in [0.3, 0.4) is 0 Å². The average Bonchev–Trinajstić information content (AvgIpc) is 3.03. The highest BCUT2D eigenvalue weighted by molar-refractivity contribution is 7.92. The van der Waals surface area contributed by atoms with Crippen LogP contribution < -0.4 is 9.62 Å². The lowest BCUT2D eigenvalue weighted by molar-refractivity contribution is -0.140. The molecule has 236 valence electrons. The van der Waals surface area contributed by atoms with Gasteiger partial charge < -0.3 is 10.2 Å². The van der Waals surface area contributed by atoms with E-state index in [-0.39, 0.29) is 23.8 Å². The summed E-state index contributed by atoms with van der Waals surface area (Å²) >= 11 is 12.5. The van der Waals surface area contributed by atoms with Crippen molar-refractivity contribution in [2.45, 2.75) is 50.6 Å². The van der Waals surface area contributed by atoms with E-state index in [1.54, 1.807) is 61.5 Å². The second-order valence-corrected chi connectivity index (χ2v) is 13.5. The fourth-order valence-corrected chi connectivity index (χ4v) is 6.96. The number of rotatable bonds is 14. The number of carbonyl (C=O) groups excluding carboxylic acids is 2. The van der Waals surface area contributed by atoms with Gasteiger partial charge in [-0.3, -0.25) is 13.9 Å². The molecule has 1 atom stereocenters. The van der Waals surface area contributed by atoms with Crippen LogP contribution in [0.15, 0.2) is 108 Å². The standard InChI is InChI=1S/C35H37Cl2N3O4S/c1-3-4-20-38-35(42)33(23-27-12-7-5-8-13-27)39(24-28-14-11-15-29(36)22-28)34(41)25-40(32-19-18-30(37)21-26(32)2)45(43,44)31-16-9-6-10-17-31/h5-19,21-22,33H,3-4,20,23-25H2,1-2H3,(H,38,42)/t33-/m0/s1. The van der Waals surface area contributed by atoms with Crippen molar-refractivity contribution in [1.29, 1.82) is 0 Å². The first-order valence-corrected chi connectivity index (χ1v) is 17.0. The summed E-state index contributed by atoms with van der Waals surface area (Å²) in [6, 6.07) is 28.4. The van der Waals surface area contributed by atoms with Gasteiger partial charge in [-0.15, -0.1) is 0 Å². The first kappa shape index (κ1) is 34.0. The highest BCUT2D eigenvalue weighted by Crippen LogP contribution is 2.29. The minimum Gasteiger partial charge on any atom is -0.354 e. The Morgan fingerprint density at radius 1 is 0.822 bits per heavy atom. The van der Waals surface area contributed by atoms with Gasteiger partial charge in [0.1, 0.15) is 12.6 Å². The van der Waals surface area contributed by atoms with E-state index in [0.717, 1.165) is 22.7 Å². The predicted octanol–water partition coefficient (Wildman–Crippen LogP) is 7.05. The zero-order chi connectivity index (χ0) is 32.4. The number of unbranched alkanes of at least 4 members (excludes halogenated alkanes) is 1. The molecule has 0 unspecified atom stereocenters. The van der Waals surface area contributed by atoms with Crippen molar-refractivity contribution in [3.63, 3.8) is 0 Å². The molecule has 0 aliphatic heterocycles. The molecule has 0 heterocycles. The number of carbonyl (C=O) groups is 2. The van der Waals surface area contributed by atoms with Crippen LogP contribution in [0, 0.1) is 6.92 Å². The third-order valence-electron chi connectivity index (χ3n) is 7.38. The van der Waals surface area contributed by atoms with Gasteiger partial charge in [0.2, 0.25) is 11.8 Å². The van der Waals surface area contributed by atoms with Crippen LogP contribution in [-0.2, 0) is 32.6 Å². The van der Waals surface area contributed by atoms with Crippen LogP contribution in [0.1, 0.15) is 36.5 Å². The van der Waals surface area contributed by atoms with Gasteiger partial charge in [0.25, 0.3) is 10.0 Å². The number of hydrogen-bond donors (Lipinski definition) is 1. The maximum absolute atomic E-state index is 14.5. The molecular weight excluding hydrogens is 629 g/mol. The Morgan fingerprint density at radius 3 is 2.11 bits per heavy atom. The quantitative estimate of drug-likeness (QED) is 0.146. The smallest absolute Gasteiger partial charge is 0.264 e. The molecule has 4 aromatic carbocycles. The average molecular weight is 667 g/mol. The lowest BCUT2D eigenvalue weighted by atomic mass is 10.0. The third-order valence-corrected chi connectivity index (χ3v) is 9.62. The van der Waals surface area contributed by atoms with Gasteiger partial charge in [0.15, 0.2) is 0 Å². The van der Waals surface area contributed by atoms with Crippen LogP contribution in [0.4, 0.5) is 5.69 Å². The van der Waals surface area contributed by atoms with Crippen molar-refractivity contribution in [3.05, 3.63) is 130 Å². The SMILES string of the molecule is CCCCNC(=O)[C@H](Cc1ccccc1)N(Cc1cccc(Cl)c1)C(=O)CN(c1ccc(Cl)cc1C)S(=O)(=O)c1ccccc1. The summed E-state index contributed by atoms with van der Waals surface area (Å²) in [5, 5.41) is 3.91. The fourth-order valence-electron chi connectivity index (χ4n) is 5.02. The van der Waals surface area contributed by atoms with Crippen molar-refractivity contribution >= 4 is 50.7 Å². The molecule has 2 amide bonds. The molecule has 0 saturated carbocycles. The van der Waals surface area contributed by atoms with E-state index in [9.17, 15) is 18.0 Å². The summed E-state index contributed by atoms with van der Waals surface area (Å²) in [4.78, 5) is 29.8. The normalized spacial score (nSPS) is 11.9. The van der Waals surface area contributed by atoms with Crippen LogP contribution >= 0.6 is 23.2 Å². The Balaban J connectivity index is 1.81. The number of aryl methyl sites for hydroxylation is 1. The van der Waals surface area contributed by atoms with Crippen LogP contribution in [0.5, 0.6) is 0 Å². The first-order valence-electron chi connectivity index (χ1n) is 14.8. The Kier molecular flexibility index (Phi) is 12.0. The number of amides is 2. The number of sulfonamides is 1. The van der Waals surface area contributed by atoms with Gasteiger partial charge in [0, 0.05) is 29.6 Å². The molecule has 45 heavy (non-hydrogen) atoms. The zero-order valence-electron chi connectivity index (χ0n) is 25.3. The molecule has 10 heteroatoms. The second-order valence-electron chi connectivity index (χ2n) is 10.8. The zero-order valence-corrected chi connectivity index (χ0v) is 27.7. The van der Waals surface area contributed by atoms with E-state index in [1.165, 1.54) is 17.0 Å². The van der Waals surface area contributed by atoms with Crippen molar-refractivity contribution < 1.29 is 18.0 Å². The van der Waals surface area contributed by atoms with E-state index < -0.39 is 28.5 Å². The van der Waals surface area contributed by atoms with Crippen LogP contribution in [0.2, 0.25) is 10.0 Å². The van der Waals surface area contributed by atoms with E-state index in [0.29, 0.717) is 33.4 Å². The Hall–Kier alpha value is -3.85. The van der Waals surface area contributed by atoms with Crippen molar-refractivity contribution in [1.82, 2.24) is 10.2 Å². The molecule has 0 spiro atoms. The fraction of sp³-hybridized carbons (Fsp3) is 0.257. The van der Waals surface area contributed by atoms with E-state index >= 15 is 0 Å². The summed E-state index contributed by atoms with van der Waals surface area (Å²) in [7, 11) is -4.20. The lowest BCUT2D eigenvalue weighted by Crippen LogP contribution is -2.53. The number of halogens is 2. The monoisotopic (exact) mass is 665 g/mol. The number of anilines is 1. The summed E-state index contributed by atoms with van der Waals surface area (Å²) in [6.07, 6.45) is 1.91. The number of nitrogens with one attached hydrogen (secondary N) is 1. The predicted molar refractivity (Wildman–Crippen MR) is 181 cm³/mol. The van der Waals surface area contributed by atoms with Gasteiger partial charge in [0.05, 0.1) is 10.6 Å². The van der Waals surface area contributed by atoms with Crippen molar-refractivity contribution in [3.8, 4) is 0 Å². The van der Waals surface area contributed by atoms with Gasteiger partial charge in [-0.05, 0) is 72.5 Å². The highest BCUT2D eigenvalue weighted by atomic mass is 35.5. The Labute approximate surface area is 275 Å². The van der Waals surface area contributed by atoms with Gasteiger partial charge in [-0.1, -0.05) is 97.2 Å². The third kappa shape index (κ3) is 9.10. The Morgan fingerprint density at radius 2 is 1.47 bits per heavy atom. The molecule has 0 aliphatic rings. The van der Waals surface area contributed by atoms with Crippen LogP contribution in [0.25, 0.3) is 0 Å². The minimum absolute atomic E-state index is 0.0340. The molecule has 7 nitrogen and oxygen atoms in total. The molecule has 0 aliphatic carbocycles. The highest BCUT2D eigenvalue weighted by Gasteiger charge is 2.35. The minimum atomic E-state index is -4.20. The Bertz CT molecular complexity index is 1700. The molecule has 0 aromatic heterocycles. The number of nitrogens with zero attached hydrogens (tertiary/aromatic N) is 2. The van der Waals surface area contributed by atoms with Gasteiger partial charge in [-0.25, -0.2) is 8.42 Å². The molecule has 0 fully saturated rings. The maximum atomic E-state index is 14.5. The first-order chi connectivity index (χ1) is 21.6. The summed E-state index contributed by atoms with van der Waals surface area (Å²) in [5.74, 6) is -0.863. The number of hydrogen-bond acceptors (Lipinski definition) is 4. The van der Waals surface area contributed by atoms with E-state index in [1.807, 2.05) is 43.3 Å². The topological polar surface area (TPSA) is 86.8 Å². The van der Waals surface area contributed by atoms with Crippen molar-refractivity contribution in [2.24, 2.45) is 0 Å². The van der Waals surface area contributed by atoms with Crippen LogP contribution in [-0.4, -0.2) is 44.3 Å². The molecule has 0 radical (unpaired) electrons. The van der Waals surface area contributed by atoms with E-state index in [4.69, 9.17) is 23.2 Å². The summed E-state index contributed by atoms with van der Waals surface area (Å²) in [5.41, 5.74) is 2.45. The lowest BCUT2D eigenvalue weighted by Gasteiger charge is -2.34.